The van der Waals surface area contributed by atoms with Gasteiger partial charge in [0, 0.05) is 17.8 Å². The number of hydrogen-bond donors (Lipinski definition) is 1. The molecule has 3 nitrogen and oxygen atoms in total. The first-order chi connectivity index (χ1) is 5.57. The van der Waals surface area contributed by atoms with Crippen LogP contribution >= 0.6 is 0 Å². The first kappa shape index (κ1) is 11.0. The molecule has 0 saturated carbocycles. The van der Waals surface area contributed by atoms with Crippen LogP contribution in [0.1, 0.15) is 27.7 Å². The minimum atomic E-state index is -0.259. The van der Waals surface area contributed by atoms with Crippen LogP contribution in [0, 0.1) is 0 Å². The number of carbonyl (C=O) groups is 1. The molecule has 0 aliphatic carbocycles. The predicted molar refractivity (Wildman–Crippen MR) is 48.7 cm³/mol. The summed E-state index contributed by atoms with van der Waals surface area (Å²) in [4.78, 5) is 11.0. The summed E-state index contributed by atoms with van der Waals surface area (Å²) in [6, 6.07) is 0.342. The second-order valence-corrected chi connectivity index (χ2v) is 2.87. The van der Waals surface area contributed by atoms with Gasteiger partial charge in [-0.3, -0.25) is 0 Å². The Hall–Kier alpha value is -0.990. The van der Waals surface area contributed by atoms with Crippen molar-refractivity contribution in [3.63, 3.8) is 0 Å². The van der Waals surface area contributed by atoms with Crippen LogP contribution in [0.25, 0.3) is 0 Å². The highest BCUT2D eigenvalue weighted by atomic mass is 16.5. The van der Waals surface area contributed by atoms with Crippen molar-refractivity contribution in [3.05, 3.63) is 11.8 Å². The number of esters is 1. The minimum absolute atomic E-state index is 0.259. The predicted octanol–water partition coefficient (Wildman–Crippen LogP) is 1.45. The Balaban J connectivity index is 3.90. The molecule has 0 aromatic rings. The maximum Gasteiger partial charge on any atom is 0.335 e. The highest BCUT2D eigenvalue weighted by molar-refractivity contribution is 5.87. The van der Waals surface area contributed by atoms with Crippen LogP contribution in [0.3, 0.4) is 0 Å². The van der Waals surface area contributed by atoms with Crippen LogP contribution in [0.5, 0.6) is 0 Å². The van der Waals surface area contributed by atoms with Crippen molar-refractivity contribution in [2.24, 2.45) is 0 Å². The Morgan fingerprint density at radius 1 is 1.58 bits per heavy atom. The smallest absolute Gasteiger partial charge is 0.335 e. The van der Waals surface area contributed by atoms with Gasteiger partial charge in [0.15, 0.2) is 0 Å². The molecule has 0 rings (SSSR count). The van der Waals surface area contributed by atoms with Crippen LogP contribution in [-0.4, -0.2) is 18.6 Å². The lowest BCUT2D eigenvalue weighted by Crippen LogP contribution is -2.18. The average Bonchev–Trinajstić information content (AvgIpc) is 2.00. The Kier molecular flexibility index (Phi) is 5.17. The van der Waals surface area contributed by atoms with Gasteiger partial charge in [0.1, 0.15) is 0 Å². The molecule has 12 heavy (non-hydrogen) atoms. The quantitative estimate of drug-likeness (QED) is 0.514. The van der Waals surface area contributed by atoms with Gasteiger partial charge in [0.2, 0.25) is 0 Å². The lowest BCUT2D eigenvalue weighted by molar-refractivity contribution is -0.138. The molecule has 0 aromatic carbocycles. The molecule has 0 bridgehead atoms. The van der Waals surface area contributed by atoms with Crippen LogP contribution < -0.4 is 5.32 Å². The van der Waals surface area contributed by atoms with E-state index in [1.165, 1.54) is 0 Å². The minimum Gasteiger partial charge on any atom is -0.463 e. The molecular weight excluding hydrogens is 154 g/mol. The molecule has 1 N–H and O–H groups in total. The zero-order valence-electron chi connectivity index (χ0n) is 8.18. The molecule has 0 aliphatic rings. The van der Waals surface area contributed by atoms with Crippen molar-refractivity contribution in [1.82, 2.24) is 5.32 Å². The SMILES string of the molecule is CCOC(=O)C(C)=CNC(C)C. The standard InChI is InChI=1S/C9H17NO2/c1-5-12-9(11)8(4)6-10-7(2)3/h6-7,10H,5H2,1-4H3. The number of hydrogen-bond acceptors (Lipinski definition) is 3. The third-order valence-electron chi connectivity index (χ3n) is 1.23. The summed E-state index contributed by atoms with van der Waals surface area (Å²) in [6.45, 7) is 7.96. The lowest BCUT2D eigenvalue weighted by atomic mass is 10.3. The van der Waals surface area contributed by atoms with Gasteiger partial charge in [-0.25, -0.2) is 4.79 Å². The van der Waals surface area contributed by atoms with E-state index in [2.05, 4.69) is 5.32 Å². The van der Waals surface area contributed by atoms with Crippen LogP contribution in [-0.2, 0) is 9.53 Å². The second kappa shape index (κ2) is 5.63. The molecule has 0 atom stereocenters. The molecule has 0 amide bonds. The number of rotatable bonds is 4. The van der Waals surface area contributed by atoms with Crippen molar-refractivity contribution in [2.75, 3.05) is 6.61 Å². The van der Waals surface area contributed by atoms with Gasteiger partial charge in [0.05, 0.1) is 6.61 Å². The summed E-state index contributed by atoms with van der Waals surface area (Å²) in [6.07, 6.45) is 1.68. The maximum atomic E-state index is 11.0. The lowest BCUT2D eigenvalue weighted by Gasteiger charge is -2.05. The van der Waals surface area contributed by atoms with Crippen LogP contribution in [0.15, 0.2) is 11.8 Å². The van der Waals surface area contributed by atoms with E-state index in [1.807, 2.05) is 13.8 Å². The van der Waals surface area contributed by atoms with E-state index in [1.54, 1.807) is 20.0 Å². The van der Waals surface area contributed by atoms with E-state index < -0.39 is 0 Å². The Bertz CT molecular complexity index is 173. The van der Waals surface area contributed by atoms with E-state index in [0.29, 0.717) is 18.2 Å². The number of nitrogens with one attached hydrogen (secondary N) is 1. The second-order valence-electron chi connectivity index (χ2n) is 2.87. The third kappa shape index (κ3) is 4.77. The number of carbonyl (C=O) groups excluding carboxylic acids is 1. The van der Waals surface area contributed by atoms with E-state index in [9.17, 15) is 4.79 Å². The molecule has 0 spiro atoms. The van der Waals surface area contributed by atoms with Crippen molar-refractivity contribution in [2.45, 2.75) is 33.7 Å². The van der Waals surface area contributed by atoms with Gasteiger partial charge in [-0.05, 0) is 27.7 Å². The van der Waals surface area contributed by atoms with E-state index in [0.717, 1.165) is 0 Å². The molecule has 0 saturated heterocycles. The van der Waals surface area contributed by atoms with E-state index in [-0.39, 0.29) is 5.97 Å². The zero-order chi connectivity index (χ0) is 9.56. The zero-order valence-corrected chi connectivity index (χ0v) is 8.18. The topological polar surface area (TPSA) is 38.3 Å². The van der Waals surface area contributed by atoms with E-state index >= 15 is 0 Å². The van der Waals surface area contributed by atoms with Crippen LogP contribution in [0.2, 0.25) is 0 Å². The first-order valence-electron chi connectivity index (χ1n) is 4.17. The van der Waals surface area contributed by atoms with Crippen molar-refractivity contribution >= 4 is 5.97 Å². The highest BCUT2D eigenvalue weighted by Crippen LogP contribution is 1.94. The van der Waals surface area contributed by atoms with Gasteiger partial charge in [-0.1, -0.05) is 0 Å². The van der Waals surface area contributed by atoms with Crippen molar-refractivity contribution < 1.29 is 9.53 Å². The van der Waals surface area contributed by atoms with Crippen LogP contribution in [0.4, 0.5) is 0 Å². The Labute approximate surface area is 73.8 Å². The summed E-state index contributed by atoms with van der Waals surface area (Å²) in [5.74, 6) is -0.259. The maximum absolute atomic E-state index is 11.0. The fourth-order valence-electron chi connectivity index (χ4n) is 0.596. The molecule has 3 heteroatoms. The highest BCUT2D eigenvalue weighted by Gasteiger charge is 2.03. The average molecular weight is 171 g/mol. The molecule has 0 radical (unpaired) electrons. The number of ether oxygens (including phenoxy) is 1. The normalized spacial score (nSPS) is 11.6. The first-order valence-corrected chi connectivity index (χ1v) is 4.17. The molecule has 0 unspecified atom stereocenters. The Morgan fingerprint density at radius 2 is 2.17 bits per heavy atom. The van der Waals surface area contributed by atoms with Crippen molar-refractivity contribution in [1.29, 1.82) is 0 Å². The summed E-state index contributed by atoms with van der Waals surface area (Å²) in [5.41, 5.74) is 0.602. The molecule has 0 fully saturated rings. The molecular formula is C9H17NO2. The molecule has 0 heterocycles. The fraction of sp³-hybridized carbons (Fsp3) is 0.667. The van der Waals surface area contributed by atoms with Gasteiger partial charge in [0.25, 0.3) is 0 Å². The Morgan fingerprint density at radius 3 is 2.58 bits per heavy atom. The van der Waals surface area contributed by atoms with Gasteiger partial charge in [-0.15, -0.1) is 0 Å². The van der Waals surface area contributed by atoms with Crippen molar-refractivity contribution in [3.8, 4) is 0 Å². The van der Waals surface area contributed by atoms with E-state index in [4.69, 9.17) is 4.74 Å². The summed E-state index contributed by atoms with van der Waals surface area (Å²) in [5, 5.41) is 3.02. The van der Waals surface area contributed by atoms with Gasteiger partial charge >= 0.3 is 5.97 Å². The summed E-state index contributed by atoms with van der Waals surface area (Å²) in [7, 11) is 0. The van der Waals surface area contributed by atoms with Gasteiger partial charge < -0.3 is 10.1 Å². The molecule has 70 valence electrons. The van der Waals surface area contributed by atoms with Gasteiger partial charge in [-0.2, -0.15) is 0 Å². The summed E-state index contributed by atoms with van der Waals surface area (Å²) < 4.78 is 4.79. The fourth-order valence-corrected chi connectivity index (χ4v) is 0.596. The monoisotopic (exact) mass is 171 g/mol. The molecule has 0 aliphatic heterocycles. The largest absolute Gasteiger partial charge is 0.463 e. The summed E-state index contributed by atoms with van der Waals surface area (Å²) >= 11 is 0. The molecule has 0 aromatic heterocycles. The third-order valence-corrected chi connectivity index (χ3v) is 1.23.